The Bertz CT molecular complexity index is 959. The quantitative estimate of drug-likeness (QED) is 0.512. The smallest absolute Gasteiger partial charge is 0.421 e. The van der Waals surface area contributed by atoms with E-state index in [0.717, 1.165) is 11.8 Å². The molecule has 0 amide bonds. The molecule has 0 aliphatic heterocycles. The largest absolute Gasteiger partial charge is 0.494 e. The van der Waals surface area contributed by atoms with Crippen LogP contribution in [0.1, 0.15) is 25.0 Å². The first-order valence-electron chi connectivity index (χ1n) is 9.19. The first-order chi connectivity index (χ1) is 13.9. The zero-order valence-electron chi connectivity index (χ0n) is 16.0. The molecule has 0 spiro atoms. The van der Waals surface area contributed by atoms with Gasteiger partial charge in [-0.1, -0.05) is 25.1 Å². The van der Waals surface area contributed by atoms with Crippen LogP contribution in [0.25, 0.3) is 0 Å². The Kier molecular flexibility index (Phi) is 6.21. The minimum absolute atomic E-state index is 0.0543. The van der Waals surface area contributed by atoms with Gasteiger partial charge < -0.3 is 15.4 Å². The molecule has 2 N–H and O–H groups in total. The van der Waals surface area contributed by atoms with Gasteiger partial charge in [0.1, 0.15) is 17.1 Å². The summed E-state index contributed by atoms with van der Waals surface area (Å²) in [6, 6.07) is 14.2. The summed E-state index contributed by atoms with van der Waals surface area (Å²) in [6.45, 7) is 4.36. The first-order valence-corrected chi connectivity index (χ1v) is 9.19. The van der Waals surface area contributed by atoms with E-state index in [0.29, 0.717) is 30.2 Å². The Morgan fingerprint density at radius 1 is 0.966 bits per heavy atom. The number of alkyl halides is 3. The lowest BCUT2D eigenvalue weighted by molar-refractivity contribution is -0.137. The van der Waals surface area contributed by atoms with Crippen molar-refractivity contribution in [1.82, 2.24) is 9.97 Å². The van der Waals surface area contributed by atoms with Crippen LogP contribution in [-0.2, 0) is 12.6 Å². The number of rotatable bonds is 7. The molecule has 1 heterocycles. The molecule has 5 nitrogen and oxygen atoms in total. The third-order valence-corrected chi connectivity index (χ3v) is 4.17. The third-order valence-electron chi connectivity index (χ3n) is 4.17. The van der Waals surface area contributed by atoms with Gasteiger partial charge in [-0.15, -0.1) is 0 Å². The monoisotopic (exact) mass is 402 g/mol. The number of benzene rings is 2. The van der Waals surface area contributed by atoms with Crippen molar-refractivity contribution in [2.75, 3.05) is 17.2 Å². The van der Waals surface area contributed by atoms with E-state index in [9.17, 15) is 13.2 Å². The van der Waals surface area contributed by atoms with Gasteiger partial charge in [0.2, 0.25) is 5.95 Å². The second kappa shape index (κ2) is 8.81. The van der Waals surface area contributed by atoms with E-state index in [2.05, 4.69) is 20.6 Å². The Hall–Kier alpha value is -3.29. The zero-order valence-corrected chi connectivity index (χ0v) is 16.0. The van der Waals surface area contributed by atoms with Gasteiger partial charge in [-0.25, -0.2) is 4.98 Å². The number of hydrogen-bond acceptors (Lipinski definition) is 5. The highest BCUT2D eigenvalue weighted by molar-refractivity contribution is 5.65. The summed E-state index contributed by atoms with van der Waals surface area (Å²) < 4.78 is 45.7. The molecule has 3 aromatic rings. The summed E-state index contributed by atoms with van der Waals surface area (Å²) in [7, 11) is 0. The molecule has 0 saturated carbocycles. The molecule has 8 heteroatoms. The molecule has 1 aromatic heterocycles. The highest BCUT2D eigenvalue weighted by Gasteiger charge is 2.35. The summed E-state index contributed by atoms with van der Waals surface area (Å²) in [5.41, 5.74) is 1.17. The number of ether oxygens (including phenoxy) is 1. The van der Waals surface area contributed by atoms with E-state index < -0.39 is 11.7 Å². The van der Waals surface area contributed by atoms with E-state index >= 15 is 0 Å². The molecular weight excluding hydrogens is 381 g/mol. The van der Waals surface area contributed by atoms with Crippen molar-refractivity contribution in [3.05, 3.63) is 65.9 Å². The predicted octanol–water partition coefficient (Wildman–Crippen LogP) is 5.94. The number of halogens is 3. The van der Waals surface area contributed by atoms with Crippen LogP contribution in [0.15, 0.2) is 54.7 Å². The van der Waals surface area contributed by atoms with Crippen molar-refractivity contribution >= 4 is 23.1 Å². The molecule has 0 unspecified atom stereocenters. The summed E-state index contributed by atoms with van der Waals surface area (Å²) in [5.74, 6) is 0.449. The molecular formula is C21H21F3N4O. The average molecular weight is 402 g/mol. The molecule has 0 radical (unpaired) electrons. The topological polar surface area (TPSA) is 59.1 Å². The Morgan fingerprint density at radius 2 is 1.69 bits per heavy atom. The molecule has 0 bridgehead atoms. The lowest BCUT2D eigenvalue weighted by Crippen LogP contribution is -2.13. The van der Waals surface area contributed by atoms with Crippen molar-refractivity contribution in [1.29, 1.82) is 0 Å². The molecule has 0 aliphatic rings. The van der Waals surface area contributed by atoms with Crippen LogP contribution in [0, 0.1) is 0 Å². The van der Waals surface area contributed by atoms with Gasteiger partial charge in [0, 0.05) is 17.6 Å². The number of hydrogen-bond donors (Lipinski definition) is 2. The fourth-order valence-electron chi connectivity index (χ4n) is 2.75. The van der Waals surface area contributed by atoms with E-state index in [4.69, 9.17) is 4.74 Å². The van der Waals surface area contributed by atoms with Gasteiger partial charge in [-0.05, 0) is 49.2 Å². The van der Waals surface area contributed by atoms with Gasteiger partial charge in [0.25, 0.3) is 0 Å². The van der Waals surface area contributed by atoms with Crippen LogP contribution in [0.5, 0.6) is 5.75 Å². The summed E-state index contributed by atoms with van der Waals surface area (Å²) in [6.07, 6.45) is -3.13. The van der Waals surface area contributed by atoms with Crippen LogP contribution >= 0.6 is 0 Å². The van der Waals surface area contributed by atoms with E-state index in [1.807, 2.05) is 26.0 Å². The van der Waals surface area contributed by atoms with Crippen molar-refractivity contribution in [3.8, 4) is 5.75 Å². The Labute approximate surface area is 167 Å². The predicted molar refractivity (Wildman–Crippen MR) is 107 cm³/mol. The maximum Gasteiger partial charge on any atom is 0.421 e. The van der Waals surface area contributed by atoms with Crippen molar-refractivity contribution in [3.63, 3.8) is 0 Å². The minimum Gasteiger partial charge on any atom is -0.494 e. The second-order valence-corrected chi connectivity index (χ2v) is 6.17. The molecule has 2 aromatic carbocycles. The number of para-hydroxylation sites is 1. The lowest BCUT2D eigenvalue weighted by atomic mass is 10.1. The van der Waals surface area contributed by atoms with Crippen LogP contribution in [0.4, 0.5) is 36.3 Å². The highest BCUT2D eigenvalue weighted by atomic mass is 19.4. The fourth-order valence-corrected chi connectivity index (χ4v) is 2.75. The van der Waals surface area contributed by atoms with Crippen molar-refractivity contribution in [2.45, 2.75) is 26.4 Å². The van der Waals surface area contributed by atoms with Gasteiger partial charge in [-0.3, -0.25) is 0 Å². The molecule has 0 fully saturated rings. The lowest BCUT2D eigenvalue weighted by Gasteiger charge is -2.16. The highest BCUT2D eigenvalue weighted by Crippen LogP contribution is 2.36. The van der Waals surface area contributed by atoms with Gasteiger partial charge in [0.05, 0.1) is 6.61 Å². The number of nitrogens with zero attached hydrogens (tertiary/aromatic N) is 2. The standard InChI is InChI=1S/C21H21F3N4O/c1-3-14-7-5-6-8-18(14)27-19-17(21(22,23)24)13-25-20(28-19)26-15-9-11-16(12-10-15)29-4-2/h5-13H,3-4H2,1-2H3,(H2,25,26,27,28). The van der Waals surface area contributed by atoms with Crippen molar-refractivity contribution in [2.24, 2.45) is 0 Å². The molecule has 152 valence electrons. The molecule has 0 atom stereocenters. The third kappa shape index (κ3) is 5.16. The Balaban J connectivity index is 1.91. The number of nitrogens with one attached hydrogen (secondary N) is 2. The second-order valence-electron chi connectivity index (χ2n) is 6.17. The maximum atomic E-state index is 13.5. The first kappa shape index (κ1) is 20.4. The number of aryl methyl sites for hydroxylation is 1. The SMILES string of the molecule is CCOc1ccc(Nc2ncc(C(F)(F)F)c(Nc3ccccc3CC)n2)cc1. The number of aromatic nitrogens is 2. The maximum absolute atomic E-state index is 13.5. The van der Waals surface area contributed by atoms with E-state index in [1.165, 1.54) is 0 Å². The van der Waals surface area contributed by atoms with Gasteiger partial charge in [0.15, 0.2) is 0 Å². The average Bonchev–Trinajstić information content (AvgIpc) is 2.69. The summed E-state index contributed by atoms with van der Waals surface area (Å²) in [4.78, 5) is 7.91. The summed E-state index contributed by atoms with van der Waals surface area (Å²) in [5, 5.41) is 5.74. The van der Waals surface area contributed by atoms with Crippen LogP contribution in [0.3, 0.4) is 0 Å². The number of anilines is 4. The van der Waals surface area contributed by atoms with E-state index in [-0.39, 0.29) is 11.8 Å². The van der Waals surface area contributed by atoms with Crippen molar-refractivity contribution < 1.29 is 17.9 Å². The molecule has 29 heavy (non-hydrogen) atoms. The molecule has 0 aliphatic carbocycles. The van der Waals surface area contributed by atoms with E-state index in [1.54, 1.807) is 36.4 Å². The summed E-state index contributed by atoms with van der Waals surface area (Å²) >= 11 is 0. The molecule has 0 saturated heterocycles. The fraction of sp³-hybridized carbons (Fsp3) is 0.238. The van der Waals surface area contributed by atoms with Gasteiger partial charge in [-0.2, -0.15) is 18.2 Å². The zero-order chi connectivity index (χ0) is 20.9. The normalized spacial score (nSPS) is 11.2. The Morgan fingerprint density at radius 3 is 2.34 bits per heavy atom. The molecule has 3 rings (SSSR count). The van der Waals surface area contributed by atoms with Crippen LogP contribution in [0.2, 0.25) is 0 Å². The van der Waals surface area contributed by atoms with Gasteiger partial charge >= 0.3 is 6.18 Å². The van der Waals surface area contributed by atoms with Crippen LogP contribution < -0.4 is 15.4 Å². The minimum atomic E-state index is -4.58. The van der Waals surface area contributed by atoms with Crippen LogP contribution in [-0.4, -0.2) is 16.6 Å².